The normalized spacial score (nSPS) is 18.0. The Labute approximate surface area is 136 Å². The molecule has 116 valence electrons. The van der Waals surface area contributed by atoms with Gasteiger partial charge in [0.1, 0.15) is 0 Å². The van der Waals surface area contributed by atoms with Crippen LogP contribution in [0.15, 0.2) is 48.5 Å². The van der Waals surface area contributed by atoms with Crippen LogP contribution < -0.4 is 4.72 Å². The molecule has 0 fully saturated rings. The van der Waals surface area contributed by atoms with Crippen molar-refractivity contribution in [3.63, 3.8) is 0 Å². The van der Waals surface area contributed by atoms with Gasteiger partial charge in [-0.25, -0.2) is 13.1 Å². The van der Waals surface area contributed by atoms with Crippen molar-refractivity contribution in [1.29, 1.82) is 0 Å². The molecule has 0 saturated carbocycles. The molecule has 0 spiro atoms. The van der Waals surface area contributed by atoms with Crippen LogP contribution in [0.5, 0.6) is 0 Å². The molecular weight excluding hydrogens is 318 g/mol. The summed E-state index contributed by atoms with van der Waals surface area (Å²) in [5, 5.41) is 0.483. The third-order valence-corrected chi connectivity index (χ3v) is 5.70. The number of aryl methyl sites for hydroxylation is 1. The van der Waals surface area contributed by atoms with Crippen LogP contribution in [0, 0.1) is 0 Å². The first-order chi connectivity index (χ1) is 10.6. The minimum absolute atomic E-state index is 0.0919. The van der Waals surface area contributed by atoms with E-state index in [1.165, 1.54) is 5.56 Å². The fourth-order valence-corrected chi connectivity index (χ4v) is 4.66. The van der Waals surface area contributed by atoms with Crippen LogP contribution in [0.3, 0.4) is 0 Å². The fourth-order valence-electron chi connectivity index (χ4n) is 2.95. The van der Waals surface area contributed by atoms with Crippen LogP contribution >= 0.6 is 11.6 Å². The standard InChI is InChI=1S/C17H18ClNO2S/c18-16-10-4-2-7-14(16)12-22(20,21)19-17-11-5-8-13-6-1-3-9-15(13)17/h1-4,6-7,9-10,17,19H,5,8,11-12H2/t17-/m0/s1. The van der Waals surface area contributed by atoms with Crippen LogP contribution in [0.1, 0.15) is 35.6 Å². The van der Waals surface area contributed by atoms with Gasteiger partial charge >= 0.3 is 0 Å². The van der Waals surface area contributed by atoms with Crippen LogP contribution in [0.25, 0.3) is 0 Å². The molecule has 2 aromatic carbocycles. The molecule has 1 atom stereocenters. The third kappa shape index (κ3) is 3.51. The lowest BCUT2D eigenvalue weighted by molar-refractivity contribution is 0.507. The van der Waals surface area contributed by atoms with Gasteiger partial charge in [0.2, 0.25) is 10.0 Å². The van der Waals surface area contributed by atoms with Crippen molar-refractivity contribution in [3.05, 3.63) is 70.2 Å². The summed E-state index contributed by atoms with van der Waals surface area (Å²) in [5.41, 5.74) is 2.96. The molecule has 1 aliphatic rings. The summed E-state index contributed by atoms with van der Waals surface area (Å²) in [6.45, 7) is 0. The lowest BCUT2D eigenvalue weighted by atomic mass is 9.88. The molecule has 3 rings (SSSR count). The molecule has 0 aliphatic heterocycles. The van der Waals surface area contributed by atoms with E-state index in [0.717, 1.165) is 24.8 Å². The molecule has 3 nitrogen and oxygen atoms in total. The van der Waals surface area contributed by atoms with Crippen LogP contribution in [0.2, 0.25) is 5.02 Å². The van der Waals surface area contributed by atoms with E-state index < -0.39 is 10.0 Å². The summed E-state index contributed by atoms with van der Waals surface area (Å²) in [6, 6.07) is 15.0. The summed E-state index contributed by atoms with van der Waals surface area (Å²) in [4.78, 5) is 0. The van der Waals surface area contributed by atoms with Gasteiger partial charge in [-0.15, -0.1) is 0 Å². The zero-order valence-corrected chi connectivity index (χ0v) is 13.7. The van der Waals surface area contributed by atoms with E-state index in [1.807, 2.05) is 18.2 Å². The Kier molecular flexibility index (Phi) is 4.52. The van der Waals surface area contributed by atoms with Crippen molar-refractivity contribution < 1.29 is 8.42 Å². The largest absolute Gasteiger partial charge is 0.216 e. The Hall–Kier alpha value is -1.36. The number of halogens is 1. The SMILES string of the molecule is O=S(=O)(Cc1ccccc1Cl)N[C@H]1CCCc2ccccc21. The smallest absolute Gasteiger partial charge is 0.212 e. The summed E-state index contributed by atoms with van der Waals surface area (Å²) in [7, 11) is -3.43. The highest BCUT2D eigenvalue weighted by atomic mass is 35.5. The number of benzene rings is 2. The lowest BCUT2D eigenvalue weighted by Crippen LogP contribution is -2.32. The maximum atomic E-state index is 12.5. The van der Waals surface area contributed by atoms with Gasteiger partial charge in [-0.2, -0.15) is 0 Å². The Morgan fingerprint density at radius 2 is 1.82 bits per heavy atom. The van der Waals surface area contributed by atoms with Gasteiger partial charge in [0.25, 0.3) is 0 Å². The molecule has 0 heterocycles. The Morgan fingerprint density at radius 1 is 1.09 bits per heavy atom. The summed E-state index contributed by atoms with van der Waals surface area (Å²) in [6.07, 6.45) is 2.84. The van der Waals surface area contributed by atoms with E-state index in [2.05, 4.69) is 10.8 Å². The highest BCUT2D eigenvalue weighted by Crippen LogP contribution is 2.30. The second-order valence-electron chi connectivity index (χ2n) is 5.61. The van der Waals surface area contributed by atoms with Crippen molar-refractivity contribution in [3.8, 4) is 0 Å². The lowest BCUT2D eigenvalue weighted by Gasteiger charge is -2.26. The van der Waals surface area contributed by atoms with Gasteiger partial charge in [-0.05, 0) is 42.0 Å². The van der Waals surface area contributed by atoms with Gasteiger partial charge < -0.3 is 0 Å². The predicted molar refractivity (Wildman–Crippen MR) is 89.3 cm³/mol. The van der Waals surface area contributed by atoms with E-state index in [-0.39, 0.29) is 11.8 Å². The molecule has 0 radical (unpaired) electrons. The van der Waals surface area contributed by atoms with Crippen molar-refractivity contribution >= 4 is 21.6 Å². The highest BCUT2D eigenvalue weighted by molar-refractivity contribution is 7.88. The fraction of sp³-hybridized carbons (Fsp3) is 0.294. The van der Waals surface area contributed by atoms with Crippen molar-refractivity contribution in [2.45, 2.75) is 31.1 Å². The van der Waals surface area contributed by atoms with Gasteiger partial charge in [-0.1, -0.05) is 54.1 Å². The summed E-state index contributed by atoms with van der Waals surface area (Å²) >= 11 is 6.06. The summed E-state index contributed by atoms with van der Waals surface area (Å²) < 4.78 is 27.8. The first-order valence-electron chi connectivity index (χ1n) is 7.36. The Balaban J connectivity index is 1.80. The van der Waals surface area contributed by atoms with E-state index >= 15 is 0 Å². The Morgan fingerprint density at radius 3 is 2.64 bits per heavy atom. The first kappa shape index (κ1) is 15.5. The quantitative estimate of drug-likeness (QED) is 0.922. The first-order valence-corrected chi connectivity index (χ1v) is 9.39. The van der Waals surface area contributed by atoms with Gasteiger partial charge in [-0.3, -0.25) is 0 Å². The predicted octanol–water partition coefficient (Wildman–Crippen LogP) is 3.84. The topological polar surface area (TPSA) is 46.2 Å². The number of hydrogen-bond acceptors (Lipinski definition) is 2. The number of nitrogens with one attached hydrogen (secondary N) is 1. The van der Waals surface area contributed by atoms with Crippen LogP contribution in [-0.4, -0.2) is 8.42 Å². The average Bonchev–Trinajstić information content (AvgIpc) is 2.49. The number of sulfonamides is 1. The Bertz CT molecular complexity index is 774. The molecule has 0 saturated heterocycles. The minimum Gasteiger partial charge on any atom is -0.212 e. The monoisotopic (exact) mass is 335 g/mol. The van der Waals surface area contributed by atoms with E-state index in [4.69, 9.17) is 11.6 Å². The summed E-state index contributed by atoms with van der Waals surface area (Å²) in [5.74, 6) is -0.0919. The molecule has 0 amide bonds. The van der Waals surface area contributed by atoms with Gasteiger partial charge in [0.05, 0.1) is 5.75 Å². The van der Waals surface area contributed by atoms with Crippen LogP contribution in [0.4, 0.5) is 0 Å². The zero-order valence-electron chi connectivity index (χ0n) is 12.1. The molecule has 1 aliphatic carbocycles. The van der Waals surface area contributed by atoms with Gasteiger partial charge in [0, 0.05) is 11.1 Å². The average molecular weight is 336 g/mol. The van der Waals surface area contributed by atoms with Crippen molar-refractivity contribution in [1.82, 2.24) is 4.72 Å². The number of rotatable bonds is 4. The molecule has 0 bridgehead atoms. The second kappa shape index (κ2) is 6.41. The molecule has 2 aromatic rings. The highest BCUT2D eigenvalue weighted by Gasteiger charge is 2.24. The molecule has 0 unspecified atom stereocenters. The molecular formula is C17H18ClNO2S. The number of fused-ring (bicyclic) bond motifs is 1. The molecule has 22 heavy (non-hydrogen) atoms. The third-order valence-electron chi connectivity index (χ3n) is 3.99. The maximum absolute atomic E-state index is 12.5. The van der Waals surface area contributed by atoms with Gasteiger partial charge in [0.15, 0.2) is 0 Å². The second-order valence-corrected chi connectivity index (χ2v) is 7.77. The van der Waals surface area contributed by atoms with E-state index in [9.17, 15) is 8.42 Å². The van der Waals surface area contributed by atoms with Crippen molar-refractivity contribution in [2.75, 3.05) is 0 Å². The van der Waals surface area contributed by atoms with Crippen LogP contribution in [-0.2, 0) is 22.2 Å². The molecule has 0 aromatic heterocycles. The maximum Gasteiger partial charge on any atom is 0.216 e. The molecule has 1 N–H and O–H groups in total. The molecule has 5 heteroatoms. The minimum atomic E-state index is -3.43. The van der Waals surface area contributed by atoms with Crippen molar-refractivity contribution in [2.24, 2.45) is 0 Å². The van der Waals surface area contributed by atoms with E-state index in [0.29, 0.717) is 10.6 Å². The zero-order chi connectivity index (χ0) is 15.6. The number of hydrogen-bond donors (Lipinski definition) is 1. The van der Waals surface area contributed by atoms with E-state index in [1.54, 1.807) is 24.3 Å².